The fourth-order valence-electron chi connectivity index (χ4n) is 1.85. The Morgan fingerprint density at radius 3 is 2.25 bits per heavy atom. The summed E-state index contributed by atoms with van der Waals surface area (Å²) < 4.78 is 3.09. The van der Waals surface area contributed by atoms with Gasteiger partial charge in [0.2, 0.25) is 0 Å². The molecule has 0 aliphatic rings. The van der Waals surface area contributed by atoms with Crippen molar-refractivity contribution in [2.24, 2.45) is 12.8 Å². The van der Waals surface area contributed by atoms with Crippen molar-refractivity contribution in [3.05, 3.63) is 15.9 Å². The van der Waals surface area contributed by atoms with E-state index < -0.39 is 0 Å². The zero-order chi connectivity index (χ0) is 12.3. The second-order valence-corrected chi connectivity index (χ2v) is 5.22. The van der Waals surface area contributed by atoms with Crippen LogP contribution in [-0.2, 0) is 19.9 Å². The maximum Gasteiger partial charge on any atom is 0.0766 e. The summed E-state index contributed by atoms with van der Waals surface area (Å²) in [5.41, 5.74) is 8.57. The van der Waals surface area contributed by atoms with Crippen molar-refractivity contribution in [3.8, 4) is 0 Å². The van der Waals surface area contributed by atoms with Gasteiger partial charge in [0.1, 0.15) is 0 Å². The lowest BCUT2D eigenvalue weighted by molar-refractivity contribution is 0.383. The molecule has 0 radical (unpaired) electrons. The van der Waals surface area contributed by atoms with Gasteiger partial charge in [-0.25, -0.2) is 0 Å². The van der Waals surface area contributed by atoms with Gasteiger partial charge in [-0.05, 0) is 35.2 Å². The zero-order valence-corrected chi connectivity index (χ0v) is 12.3. The monoisotopic (exact) mass is 287 g/mol. The van der Waals surface area contributed by atoms with Crippen LogP contribution in [0.15, 0.2) is 4.47 Å². The predicted octanol–water partition coefficient (Wildman–Crippen LogP) is 2.81. The third kappa shape index (κ3) is 2.66. The minimum absolute atomic E-state index is 0.110. The summed E-state index contributed by atoms with van der Waals surface area (Å²) in [7, 11) is 1.99. The van der Waals surface area contributed by atoms with Crippen molar-refractivity contribution in [1.82, 2.24) is 9.78 Å². The Morgan fingerprint density at radius 1 is 1.31 bits per heavy atom. The van der Waals surface area contributed by atoms with Crippen LogP contribution in [0.25, 0.3) is 0 Å². The van der Waals surface area contributed by atoms with Crippen LogP contribution in [0.2, 0.25) is 0 Å². The molecule has 0 atom stereocenters. The molecule has 0 bridgehead atoms. The summed E-state index contributed by atoms with van der Waals surface area (Å²) in [6.45, 7) is 6.41. The fraction of sp³-hybridized carbons (Fsp3) is 0.750. The summed E-state index contributed by atoms with van der Waals surface area (Å²) in [5, 5.41) is 4.50. The van der Waals surface area contributed by atoms with E-state index in [1.54, 1.807) is 0 Å². The van der Waals surface area contributed by atoms with Crippen LogP contribution >= 0.6 is 15.9 Å². The number of rotatable bonds is 5. The van der Waals surface area contributed by atoms with Gasteiger partial charge in [0.05, 0.1) is 15.9 Å². The van der Waals surface area contributed by atoms with E-state index in [0.29, 0.717) is 0 Å². The van der Waals surface area contributed by atoms with Crippen LogP contribution in [0.1, 0.15) is 45.0 Å². The van der Waals surface area contributed by atoms with Gasteiger partial charge < -0.3 is 5.73 Å². The lowest BCUT2D eigenvalue weighted by atomic mass is 9.89. The molecular weight excluding hydrogens is 266 g/mol. The summed E-state index contributed by atoms with van der Waals surface area (Å²) >= 11 is 3.63. The van der Waals surface area contributed by atoms with Crippen molar-refractivity contribution < 1.29 is 0 Å². The summed E-state index contributed by atoms with van der Waals surface area (Å²) in [5.74, 6) is 0. The molecule has 0 aromatic carbocycles. The molecule has 4 heteroatoms. The van der Waals surface area contributed by atoms with Gasteiger partial charge >= 0.3 is 0 Å². The molecule has 0 fully saturated rings. The van der Waals surface area contributed by atoms with Gasteiger partial charge in [-0.2, -0.15) is 5.10 Å². The first-order valence-corrected chi connectivity index (χ1v) is 6.75. The van der Waals surface area contributed by atoms with Crippen LogP contribution in [0.4, 0.5) is 0 Å². The van der Waals surface area contributed by atoms with Crippen molar-refractivity contribution in [2.45, 2.75) is 52.0 Å². The molecule has 0 saturated carbocycles. The smallest absolute Gasteiger partial charge is 0.0766 e. The fourth-order valence-corrected chi connectivity index (χ4v) is 2.60. The molecule has 2 N–H and O–H groups in total. The number of aromatic nitrogens is 2. The SMILES string of the molecule is CCc1nn(C)c(CC(N)(CC)CC)c1Br. The molecule has 1 aromatic heterocycles. The molecule has 0 saturated heterocycles. The van der Waals surface area contributed by atoms with Gasteiger partial charge in [0, 0.05) is 19.0 Å². The molecule has 0 unspecified atom stereocenters. The van der Waals surface area contributed by atoms with Crippen molar-refractivity contribution in [2.75, 3.05) is 0 Å². The molecule has 1 rings (SSSR count). The van der Waals surface area contributed by atoms with Crippen LogP contribution in [0, 0.1) is 0 Å². The molecule has 3 nitrogen and oxygen atoms in total. The Bertz CT molecular complexity index is 353. The highest BCUT2D eigenvalue weighted by Gasteiger charge is 2.25. The van der Waals surface area contributed by atoms with Gasteiger partial charge in [-0.3, -0.25) is 4.68 Å². The highest BCUT2D eigenvalue weighted by Crippen LogP contribution is 2.26. The predicted molar refractivity (Wildman–Crippen MR) is 71.5 cm³/mol. The van der Waals surface area contributed by atoms with E-state index in [9.17, 15) is 0 Å². The summed E-state index contributed by atoms with van der Waals surface area (Å²) in [6.07, 6.45) is 3.81. The first-order valence-electron chi connectivity index (χ1n) is 5.96. The Balaban J connectivity index is 3.01. The minimum atomic E-state index is -0.110. The Kier molecular flexibility index (Phi) is 4.56. The van der Waals surface area contributed by atoms with E-state index in [-0.39, 0.29) is 5.54 Å². The van der Waals surface area contributed by atoms with Crippen LogP contribution in [0.3, 0.4) is 0 Å². The average molecular weight is 288 g/mol. The van der Waals surface area contributed by atoms with Crippen molar-refractivity contribution >= 4 is 15.9 Å². The molecule has 1 heterocycles. The van der Waals surface area contributed by atoms with Gasteiger partial charge in [-0.1, -0.05) is 20.8 Å². The molecule has 92 valence electrons. The molecule has 0 aliphatic heterocycles. The average Bonchev–Trinajstić information content (AvgIpc) is 2.56. The van der Waals surface area contributed by atoms with E-state index >= 15 is 0 Å². The number of nitrogens with two attached hydrogens (primary N) is 1. The standard InChI is InChI=1S/C12H22BrN3/c1-5-9-11(13)10(16(4)15-9)8-12(14,6-2)7-3/h5-8,14H2,1-4H3. The topological polar surface area (TPSA) is 43.8 Å². The normalized spacial score (nSPS) is 12.1. The van der Waals surface area contributed by atoms with E-state index in [1.807, 2.05) is 11.7 Å². The second kappa shape index (κ2) is 5.32. The lowest BCUT2D eigenvalue weighted by Crippen LogP contribution is -2.41. The van der Waals surface area contributed by atoms with E-state index in [2.05, 4.69) is 41.8 Å². The third-order valence-electron chi connectivity index (χ3n) is 3.43. The van der Waals surface area contributed by atoms with Crippen molar-refractivity contribution in [1.29, 1.82) is 0 Å². The quantitative estimate of drug-likeness (QED) is 0.905. The second-order valence-electron chi connectivity index (χ2n) is 4.43. The van der Waals surface area contributed by atoms with E-state index in [0.717, 1.165) is 35.8 Å². The minimum Gasteiger partial charge on any atom is -0.325 e. The van der Waals surface area contributed by atoms with Gasteiger partial charge in [-0.15, -0.1) is 0 Å². The van der Waals surface area contributed by atoms with Crippen LogP contribution in [0.5, 0.6) is 0 Å². The Hall–Kier alpha value is -0.350. The van der Waals surface area contributed by atoms with Gasteiger partial charge in [0.15, 0.2) is 0 Å². The third-order valence-corrected chi connectivity index (χ3v) is 4.35. The lowest BCUT2D eigenvalue weighted by Gasteiger charge is -2.26. The largest absolute Gasteiger partial charge is 0.325 e. The number of hydrogen-bond acceptors (Lipinski definition) is 2. The maximum atomic E-state index is 6.36. The molecule has 0 amide bonds. The molecule has 0 spiro atoms. The first kappa shape index (κ1) is 13.7. The highest BCUT2D eigenvalue weighted by molar-refractivity contribution is 9.10. The van der Waals surface area contributed by atoms with E-state index in [4.69, 9.17) is 5.73 Å². The molecule has 16 heavy (non-hydrogen) atoms. The zero-order valence-electron chi connectivity index (χ0n) is 10.7. The number of aryl methyl sites for hydroxylation is 2. The molecule has 0 aliphatic carbocycles. The Labute approximate surface area is 107 Å². The van der Waals surface area contributed by atoms with Crippen LogP contribution < -0.4 is 5.73 Å². The molecule has 1 aromatic rings. The summed E-state index contributed by atoms with van der Waals surface area (Å²) in [4.78, 5) is 0. The number of nitrogens with zero attached hydrogens (tertiary/aromatic N) is 2. The summed E-state index contributed by atoms with van der Waals surface area (Å²) in [6, 6.07) is 0. The van der Waals surface area contributed by atoms with Crippen molar-refractivity contribution in [3.63, 3.8) is 0 Å². The Morgan fingerprint density at radius 2 is 1.88 bits per heavy atom. The van der Waals surface area contributed by atoms with Gasteiger partial charge in [0.25, 0.3) is 0 Å². The highest BCUT2D eigenvalue weighted by atomic mass is 79.9. The number of halogens is 1. The van der Waals surface area contributed by atoms with E-state index in [1.165, 1.54) is 5.69 Å². The maximum absolute atomic E-state index is 6.36. The van der Waals surface area contributed by atoms with Crippen LogP contribution in [-0.4, -0.2) is 15.3 Å². The molecular formula is C12H22BrN3. The number of hydrogen-bond donors (Lipinski definition) is 1. The first-order chi connectivity index (χ1) is 7.47.